The first-order valence-corrected chi connectivity index (χ1v) is 12.1. The van der Waals surface area contributed by atoms with Crippen LogP contribution in [0.3, 0.4) is 0 Å². The van der Waals surface area contributed by atoms with Crippen molar-refractivity contribution in [2.45, 2.75) is 31.8 Å². The average Bonchev–Trinajstić information content (AvgIpc) is 2.83. The van der Waals surface area contributed by atoms with Gasteiger partial charge in [0.1, 0.15) is 0 Å². The summed E-state index contributed by atoms with van der Waals surface area (Å²) >= 11 is 3.48. The van der Waals surface area contributed by atoms with Gasteiger partial charge in [0.25, 0.3) is 0 Å². The highest BCUT2D eigenvalue weighted by atomic mass is 79.9. The molecular formula is C25H30BrN3O3. The van der Waals surface area contributed by atoms with E-state index in [1.807, 2.05) is 30.3 Å². The number of aldehydes is 1. The molecule has 2 heterocycles. The maximum Gasteiger partial charge on any atom is 0.248 e. The summed E-state index contributed by atoms with van der Waals surface area (Å²) in [6.07, 6.45) is 5.42. The van der Waals surface area contributed by atoms with E-state index >= 15 is 0 Å². The Labute approximate surface area is 197 Å². The van der Waals surface area contributed by atoms with Gasteiger partial charge in [0.05, 0.1) is 11.7 Å². The van der Waals surface area contributed by atoms with Crippen molar-refractivity contribution in [1.29, 1.82) is 0 Å². The first-order valence-electron chi connectivity index (χ1n) is 11.3. The monoisotopic (exact) mass is 499 g/mol. The summed E-state index contributed by atoms with van der Waals surface area (Å²) in [5, 5.41) is 0. The van der Waals surface area contributed by atoms with Crippen LogP contribution in [-0.4, -0.2) is 51.1 Å². The number of primary amides is 1. The van der Waals surface area contributed by atoms with Gasteiger partial charge in [0, 0.05) is 54.2 Å². The van der Waals surface area contributed by atoms with Crippen LogP contribution in [0.2, 0.25) is 0 Å². The van der Waals surface area contributed by atoms with E-state index in [9.17, 15) is 9.59 Å². The van der Waals surface area contributed by atoms with Crippen molar-refractivity contribution < 1.29 is 14.3 Å². The van der Waals surface area contributed by atoms with Gasteiger partial charge in [-0.25, -0.2) is 0 Å². The number of anilines is 2. The van der Waals surface area contributed by atoms with Gasteiger partial charge in [-0.1, -0.05) is 6.07 Å². The van der Waals surface area contributed by atoms with E-state index in [0.717, 1.165) is 86.2 Å². The van der Waals surface area contributed by atoms with Crippen molar-refractivity contribution in [3.05, 3.63) is 58.1 Å². The second-order valence-electron chi connectivity index (χ2n) is 8.65. The highest BCUT2D eigenvalue weighted by Gasteiger charge is 2.25. The Kier molecular flexibility index (Phi) is 7.48. The number of piperidine rings is 2. The zero-order chi connectivity index (χ0) is 22.5. The summed E-state index contributed by atoms with van der Waals surface area (Å²) in [6, 6.07) is 13.4. The van der Waals surface area contributed by atoms with Gasteiger partial charge in [0.15, 0.2) is 6.29 Å². The van der Waals surface area contributed by atoms with Gasteiger partial charge >= 0.3 is 0 Å². The van der Waals surface area contributed by atoms with Crippen molar-refractivity contribution in [3.63, 3.8) is 0 Å². The number of hydrogen-bond donors (Lipinski definition) is 1. The summed E-state index contributed by atoms with van der Waals surface area (Å²) < 4.78 is 7.14. The fraction of sp³-hybridized carbons (Fsp3) is 0.440. The lowest BCUT2D eigenvalue weighted by Crippen LogP contribution is -2.39. The van der Waals surface area contributed by atoms with E-state index in [-0.39, 0.29) is 0 Å². The van der Waals surface area contributed by atoms with Gasteiger partial charge in [-0.05, 0) is 83.9 Å². The lowest BCUT2D eigenvalue weighted by atomic mass is 9.96. The number of ether oxygens (including phenoxy) is 1. The number of halogens is 1. The number of hydrogen-bond acceptors (Lipinski definition) is 5. The molecule has 7 heteroatoms. The molecule has 2 aromatic carbocycles. The minimum Gasteiger partial charge on any atom is -0.378 e. The Morgan fingerprint density at radius 3 is 2.28 bits per heavy atom. The number of carbonyl (C=O) groups excluding carboxylic acids is 2. The fourth-order valence-electron chi connectivity index (χ4n) is 4.65. The molecule has 0 atom stereocenters. The predicted molar refractivity (Wildman–Crippen MR) is 131 cm³/mol. The third-order valence-corrected chi connectivity index (χ3v) is 7.32. The number of amides is 1. The number of carbonyl (C=O) groups is 2. The Bertz CT molecular complexity index is 934. The quantitative estimate of drug-likeness (QED) is 0.575. The first kappa shape index (κ1) is 22.8. The second kappa shape index (κ2) is 10.5. The molecule has 0 aliphatic carbocycles. The van der Waals surface area contributed by atoms with Crippen molar-refractivity contribution in [3.8, 4) is 0 Å². The molecule has 4 rings (SSSR count). The van der Waals surface area contributed by atoms with E-state index in [2.05, 4.69) is 25.7 Å². The molecule has 6 nitrogen and oxygen atoms in total. The maximum absolute atomic E-state index is 11.5. The van der Waals surface area contributed by atoms with Gasteiger partial charge < -0.3 is 20.3 Å². The van der Waals surface area contributed by atoms with Crippen LogP contribution < -0.4 is 15.5 Å². The van der Waals surface area contributed by atoms with Crippen LogP contribution in [0.15, 0.2) is 46.9 Å². The van der Waals surface area contributed by atoms with Crippen molar-refractivity contribution in [2.24, 2.45) is 11.7 Å². The zero-order valence-electron chi connectivity index (χ0n) is 18.2. The van der Waals surface area contributed by atoms with Gasteiger partial charge in [-0.3, -0.25) is 9.59 Å². The van der Waals surface area contributed by atoms with Crippen LogP contribution in [0.5, 0.6) is 0 Å². The molecule has 0 aromatic heterocycles. The van der Waals surface area contributed by atoms with Crippen molar-refractivity contribution in [2.75, 3.05) is 42.6 Å². The molecule has 0 bridgehead atoms. The molecular weight excluding hydrogens is 470 g/mol. The molecule has 2 saturated heterocycles. The van der Waals surface area contributed by atoms with Gasteiger partial charge in [-0.2, -0.15) is 0 Å². The first-order chi connectivity index (χ1) is 15.5. The SMILES string of the molecule is NC(=O)c1ccc(N2CCC(OCC3CCN(c4cccc(Br)c4C=O)CC3)CC2)cc1. The zero-order valence-corrected chi connectivity index (χ0v) is 19.8. The Morgan fingerprint density at radius 1 is 1.00 bits per heavy atom. The molecule has 32 heavy (non-hydrogen) atoms. The maximum atomic E-state index is 11.5. The van der Waals surface area contributed by atoms with E-state index in [0.29, 0.717) is 17.6 Å². The molecule has 1 amide bonds. The molecule has 0 unspecified atom stereocenters. The molecule has 0 radical (unpaired) electrons. The molecule has 2 fully saturated rings. The van der Waals surface area contributed by atoms with Crippen molar-refractivity contribution in [1.82, 2.24) is 0 Å². The largest absolute Gasteiger partial charge is 0.378 e. The van der Waals surface area contributed by atoms with Crippen molar-refractivity contribution >= 4 is 39.5 Å². The average molecular weight is 500 g/mol. The van der Waals surface area contributed by atoms with E-state index < -0.39 is 5.91 Å². The normalized spacial score (nSPS) is 18.0. The number of nitrogens with two attached hydrogens (primary N) is 1. The Balaban J connectivity index is 1.20. The van der Waals surface area contributed by atoms with E-state index in [4.69, 9.17) is 10.5 Å². The predicted octanol–water partition coefficient (Wildman–Crippen LogP) is 4.26. The highest BCUT2D eigenvalue weighted by molar-refractivity contribution is 9.10. The standard InChI is InChI=1S/C25H30BrN3O3/c26-23-2-1-3-24(22(23)16-30)29-12-8-18(9-13-29)17-32-21-10-14-28(15-11-21)20-6-4-19(5-7-20)25(27)31/h1-7,16,18,21H,8-15,17H2,(H2,27,31). The smallest absolute Gasteiger partial charge is 0.248 e. The number of benzene rings is 2. The van der Waals surface area contributed by atoms with E-state index in [1.54, 1.807) is 12.1 Å². The molecule has 0 saturated carbocycles. The number of rotatable bonds is 7. The van der Waals surface area contributed by atoms with Gasteiger partial charge in [-0.15, -0.1) is 0 Å². The summed E-state index contributed by atoms with van der Waals surface area (Å²) in [6.45, 7) is 4.62. The Morgan fingerprint density at radius 2 is 1.66 bits per heavy atom. The molecule has 0 spiro atoms. The Hall–Kier alpha value is -2.38. The van der Waals surface area contributed by atoms with E-state index in [1.165, 1.54) is 0 Å². The topological polar surface area (TPSA) is 75.9 Å². The third kappa shape index (κ3) is 5.33. The van der Waals surface area contributed by atoms with Gasteiger partial charge in [0.2, 0.25) is 5.91 Å². The van der Waals surface area contributed by atoms with Crippen LogP contribution >= 0.6 is 15.9 Å². The van der Waals surface area contributed by atoms with Crippen LogP contribution in [0.25, 0.3) is 0 Å². The number of nitrogens with zero attached hydrogens (tertiary/aromatic N) is 2. The molecule has 2 aliphatic rings. The van der Waals surface area contributed by atoms with Crippen LogP contribution in [0, 0.1) is 5.92 Å². The minimum atomic E-state index is -0.393. The summed E-state index contributed by atoms with van der Waals surface area (Å²) in [4.78, 5) is 27.4. The second-order valence-corrected chi connectivity index (χ2v) is 9.51. The molecule has 2 N–H and O–H groups in total. The fourth-order valence-corrected chi connectivity index (χ4v) is 5.10. The third-order valence-electron chi connectivity index (χ3n) is 6.63. The summed E-state index contributed by atoms with van der Waals surface area (Å²) in [5.74, 6) is 0.174. The molecule has 2 aliphatic heterocycles. The summed E-state index contributed by atoms with van der Waals surface area (Å²) in [5.41, 5.74) is 8.75. The lowest BCUT2D eigenvalue weighted by Gasteiger charge is -2.36. The lowest BCUT2D eigenvalue weighted by molar-refractivity contribution is 0.0107. The molecule has 170 valence electrons. The summed E-state index contributed by atoms with van der Waals surface area (Å²) in [7, 11) is 0. The minimum absolute atomic E-state index is 0.306. The molecule has 2 aromatic rings. The van der Waals surface area contributed by atoms with Crippen LogP contribution in [0.1, 0.15) is 46.4 Å². The van der Waals surface area contributed by atoms with Crippen LogP contribution in [0.4, 0.5) is 11.4 Å². The highest BCUT2D eigenvalue weighted by Crippen LogP contribution is 2.30. The van der Waals surface area contributed by atoms with Crippen LogP contribution in [-0.2, 0) is 4.74 Å².